The molecule has 0 fully saturated rings. The highest BCUT2D eigenvalue weighted by Gasteiger charge is 2.18. The number of hydrogen-bond acceptors (Lipinski definition) is 5. The van der Waals surface area contributed by atoms with Gasteiger partial charge in [-0.05, 0) is 24.3 Å². The van der Waals surface area contributed by atoms with Crippen LogP contribution in [-0.4, -0.2) is 33.4 Å². The minimum Gasteiger partial charge on any atom is -0.497 e. The number of rotatable bonds is 4. The van der Waals surface area contributed by atoms with Gasteiger partial charge in [-0.1, -0.05) is 11.3 Å². The first-order valence-corrected chi connectivity index (χ1v) is 6.80. The van der Waals surface area contributed by atoms with Gasteiger partial charge < -0.3 is 9.84 Å². The summed E-state index contributed by atoms with van der Waals surface area (Å²) in [6.07, 6.45) is 2.86. The normalized spacial score (nSPS) is 10.7. The average molecular weight is 302 g/mol. The minimum atomic E-state index is -1.03. The van der Waals surface area contributed by atoms with Crippen molar-refractivity contribution in [2.75, 3.05) is 7.11 Å². The lowest BCUT2D eigenvalue weighted by atomic mass is 10.1. The molecule has 3 aromatic rings. The summed E-state index contributed by atoms with van der Waals surface area (Å²) >= 11 is 1.02. The van der Waals surface area contributed by atoms with Gasteiger partial charge in [-0.25, -0.2) is 9.78 Å². The standard InChI is InChI=1S/C14H10N2O4S/c1-20-9-4-2-8(3-5-9)12(17)10-6-15-14-16(10)7-11(21-14)13(18)19/h2-7H,1H3,(H,18,19). The first-order chi connectivity index (χ1) is 10.1. The number of carboxylic acids is 1. The van der Waals surface area contributed by atoms with Crippen LogP contribution in [0.25, 0.3) is 4.96 Å². The van der Waals surface area contributed by atoms with Crippen molar-refractivity contribution in [1.82, 2.24) is 9.38 Å². The number of thiazole rings is 1. The minimum absolute atomic E-state index is 0.141. The van der Waals surface area contributed by atoms with Crippen molar-refractivity contribution in [1.29, 1.82) is 0 Å². The fraction of sp³-hybridized carbons (Fsp3) is 0.0714. The summed E-state index contributed by atoms with van der Waals surface area (Å²) in [6, 6.07) is 6.71. The van der Waals surface area contributed by atoms with Crippen LogP contribution in [0, 0.1) is 0 Å². The van der Waals surface area contributed by atoms with Gasteiger partial charge in [0.25, 0.3) is 0 Å². The number of ketones is 1. The van der Waals surface area contributed by atoms with E-state index in [-0.39, 0.29) is 10.7 Å². The lowest BCUT2D eigenvalue weighted by Crippen LogP contribution is -2.04. The molecule has 0 aliphatic heterocycles. The van der Waals surface area contributed by atoms with Gasteiger partial charge in [-0.15, -0.1) is 0 Å². The Morgan fingerprint density at radius 3 is 2.62 bits per heavy atom. The van der Waals surface area contributed by atoms with Gasteiger partial charge in [0.1, 0.15) is 16.3 Å². The summed E-state index contributed by atoms with van der Waals surface area (Å²) in [6.45, 7) is 0. The fourth-order valence-electron chi connectivity index (χ4n) is 1.94. The van der Waals surface area contributed by atoms with Crippen molar-refractivity contribution >= 4 is 28.1 Å². The Labute approximate surface area is 123 Å². The van der Waals surface area contributed by atoms with Crippen molar-refractivity contribution < 1.29 is 19.4 Å². The molecule has 3 rings (SSSR count). The van der Waals surface area contributed by atoms with E-state index in [1.165, 1.54) is 16.8 Å². The summed E-state index contributed by atoms with van der Waals surface area (Å²) in [4.78, 5) is 28.1. The number of carboxylic acid groups (broad SMARTS) is 1. The molecule has 2 heterocycles. The number of nitrogens with zero attached hydrogens (tertiary/aromatic N) is 2. The van der Waals surface area contributed by atoms with Crippen LogP contribution in [0.15, 0.2) is 36.7 Å². The van der Waals surface area contributed by atoms with E-state index in [2.05, 4.69) is 4.98 Å². The third kappa shape index (κ3) is 2.27. The second-order valence-electron chi connectivity index (χ2n) is 4.25. The maximum absolute atomic E-state index is 12.5. The molecular weight excluding hydrogens is 292 g/mol. The van der Waals surface area contributed by atoms with Crippen molar-refractivity contribution in [2.24, 2.45) is 0 Å². The van der Waals surface area contributed by atoms with Crippen LogP contribution < -0.4 is 4.74 Å². The number of ether oxygens (including phenoxy) is 1. The third-order valence-corrected chi connectivity index (χ3v) is 3.99. The van der Waals surface area contributed by atoms with Crippen LogP contribution in [0.2, 0.25) is 0 Å². The van der Waals surface area contributed by atoms with E-state index in [9.17, 15) is 9.59 Å². The monoisotopic (exact) mass is 302 g/mol. The van der Waals surface area contributed by atoms with Crippen molar-refractivity contribution in [3.05, 3.63) is 52.8 Å². The highest BCUT2D eigenvalue weighted by atomic mass is 32.1. The van der Waals surface area contributed by atoms with Crippen LogP contribution in [-0.2, 0) is 0 Å². The second-order valence-corrected chi connectivity index (χ2v) is 5.26. The van der Waals surface area contributed by atoms with Crippen LogP contribution in [0.1, 0.15) is 25.7 Å². The number of fused-ring (bicyclic) bond motifs is 1. The van der Waals surface area contributed by atoms with E-state index in [0.717, 1.165) is 11.3 Å². The predicted octanol–water partition coefficient (Wildman–Crippen LogP) is 2.33. The van der Waals surface area contributed by atoms with Gasteiger partial charge in [-0.2, -0.15) is 0 Å². The smallest absolute Gasteiger partial charge is 0.347 e. The largest absolute Gasteiger partial charge is 0.497 e. The molecule has 0 bridgehead atoms. The topological polar surface area (TPSA) is 80.9 Å². The highest BCUT2D eigenvalue weighted by Crippen LogP contribution is 2.21. The van der Waals surface area contributed by atoms with E-state index < -0.39 is 5.97 Å². The Morgan fingerprint density at radius 2 is 2.00 bits per heavy atom. The molecule has 1 aromatic carbocycles. The summed E-state index contributed by atoms with van der Waals surface area (Å²) in [5.74, 6) is -0.595. The Balaban J connectivity index is 2.02. The molecule has 7 heteroatoms. The number of aromatic carboxylic acids is 1. The van der Waals surface area contributed by atoms with Crippen LogP contribution in [0.3, 0.4) is 0 Å². The lowest BCUT2D eigenvalue weighted by molar-refractivity contribution is 0.0701. The number of imidazole rings is 1. The number of aromatic nitrogens is 2. The number of methoxy groups -OCH3 is 1. The molecule has 1 N–H and O–H groups in total. The zero-order valence-corrected chi connectivity index (χ0v) is 11.8. The molecule has 2 aromatic heterocycles. The van der Waals surface area contributed by atoms with Crippen LogP contribution in [0.4, 0.5) is 0 Å². The maximum Gasteiger partial charge on any atom is 0.347 e. The van der Waals surface area contributed by atoms with Crippen molar-refractivity contribution in [2.45, 2.75) is 0 Å². The average Bonchev–Trinajstić information content (AvgIpc) is 3.06. The van der Waals surface area contributed by atoms with E-state index >= 15 is 0 Å². The van der Waals surface area contributed by atoms with Gasteiger partial charge in [0.2, 0.25) is 5.78 Å². The van der Waals surface area contributed by atoms with Gasteiger partial charge in [0.15, 0.2) is 4.96 Å². The Morgan fingerprint density at radius 1 is 1.29 bits per heavy atom. The quantitative estimate of drug-likeness (QED) is 0.748. The first-order valence-electron chi connectivity index (χ1n) is 5.99. The lowest BCUT2D eigenvalue weighted by Gasteiger charge is -2.02. The van der Waals surface area contributed by atoms with Crippen LogP contribution >= 0.6 is 11.3 Å². The zero-order valence-electron chi connectivity index (χ0n) is 10.9. The third-order valence-electron chi connectivity index (χ3n) is 3.01. The van der Waals surface area contributed by atoms with Gasteiger partial charge >= 0.3 is 5.97 Å². The molecule has 21 heavy (non-hydrogen) atoms. The molecule has 0 atom stereocenters. The fourth-order valence-corrected chi connectivity index (χ4v) is 2.74. The molecule has 6 nitrogen and oxygen atoms in total. The van der Waals surface area contributed by atoms with E-state index in [4.69, 9.17) is 9.84 Å². The number of carbonyl (C=O) groups is 2. The summed E-state index contributed by atoms with van der Waals surface area (Å²) in [5.41, 5.74) is 0.819. The first kappa shape index (κ1) is 13.3. The highest BCUT2D eigenvalue weighted by molar-refractivity contribution is 7.18. The number of hydrogen-bond donors (Lipinski definition) is 1. The van der Waals surface area contributed by atoms with Crippen molar-refractivity contribution in [3.63, 3.8) is 0 Å². The molecule has 0 aliphatic rings. The molecule has 106 valence electrons. The maximum atomic E-state index is 12.5. The van der Waals surface area contributed by atoms with Gasteiger partial charge in [0, 0.05) is 11.8 Å². The molecule has 0 amide bonds. The Bertz CT molecular complexity index is 832. The van der Waals surface area contributed by atoms with Gasteiger partial charge in [-0.3, -0.25) is 9.20 Å². The van der Waals surface area contributed by atoms with E-state index in [1.807, 2.05) is 0 Å². The summed E-state index contributed by atoms with van der Waals surface area (Å²) in [5, 5.41) is 8.98. The Hall–Kier alpha value is -2.67. The van der Waals surface area contributed by atoms with Crippen molar-refractivity contribution in [3.8, 4) is 5.75 Å². The SMILES string of the molecule is COc1ccc(C(=O)c2cnc3sc(C(=O)O)cn23)cc1. The number of benzene rings is 1. The second kappa shape index (κ2) is 5.02. The molecule has 0 unspecified atom stereocenters. The Kier molecular flexibility index (Phi) is 3.19. The van der Waals surface area contributed by atoms with Gasteiger partial charge in [0.05, 0.1) is 13.3 Å². The summed E-state index contributed by atoms with van der Waals surface area (Å²) in [7, 11) is 1.55. The molecular formula is C14H10N2O4S. The van der Waals surface area contributed by atoms with E-state index in [1.54, 1.807) is 31.4 Å². The van der Waals surface area contributed by atoms with Crippen LogP contribution in [0.5, 0.6) is 5.75 Å². The molecule has 0 saturated heterocycles. The number of carbonyl (C=O) groups excluding carboxylic acids is 1. The predicted molar refractivity (Wildman–Crippen MR) is 76.5 cm³/mol. The summed E-state index contributed by atoms with van der Waals surface area (Å²) < 4.78 is 6.55. The molecule has 0 spiro atoms. The zero-order chi connectivity index (χ0) is 15.0. The van der Waals surface area contributed by atoms with E-state index in [0.29, 0.717) is 22.0 Å². The molecule has 0 aliphatic carbocycles. The molecule has 0 radical (unpaired) electrons. The molecule has 0 saturated carbocycles.